The van der Waals surface area contributed by atoms with Crippen molar-refractivity contribution in [1.29, 1.82) is 0 Å². The van der Waals surface area contributed by atoms with E-state index in [2.05, 4.69) is 10.1 Å². The second-order valence-corrected chi connectivity index (χ2v) is 4.65. The van der Waals surface area contributed by atoms with Crippen LogP contribution in [0.2, 0.25) is 0 Å². The van der Waals surface area contributed by atoms with Crippen molar-refractivity contribution in [2.75, 3.05) is 13.7 Å². The maximum absolute atomic E-state index is 12.4. The topological polar surface area (TPSA) is 47.6 Å². The zero-order chi connectivity index (χ0) is 15.1. The number of halogens is 2. The van der Waals surface area contributed by atoms with Crippen molar-refractivity contribution in [3.63, 3.8) is 0 Å². The molecule has 0 bridgehead atoms. The normalized spacial score (nSPS) is 10.8. The van der Waals surface area contributed by atoms with Gasteiger partial charge >= 0.3 is 6.61 Å². The molecule has 0 saturated heterocycles. The van der Waals surface area contributed by atoms with Crippen molar-refractivity contribution < 1.29 is 23.0 Å². The molecule has 0 unspecified atom stereocenters. The van der Waals surface area contributed by atoms with Crippen LogP contribution in [0.1, 0.15) is 30.6 Å². The average molecular weight is 287 g/mol. The Morgan fingerprint density at radius 2 is 2.05 bits per heavy atom. The van der Waals surface area contributed by atoms with Crippen LogP contribution in [-0.2, 0) is 0 Å². The Morgan fingerprint density at radius 1 is 1.35 bits per heavy atom. The number of amides is 1. The third-order valence-corrected chi connectivity index (χ3v) is 2.66. The molecule has 4 nitrogen and oxygen atoms in total. The van der Waals surface area contributed by atoms with Crippen molar-refractivity contribution in [1.82, 2.24) is 5.32 Å². The van der Waals surface area contributed by atoms with Crippen LogP contribution in [0.15, 0.2) is 18.2 Å². The largest absolute Gasteiger partial charge is 0.493 e. The zero-order valence-electron chi connectivity index (χ0n) is 11.8. The van der Waals surface area contributed by atoms with E-state index in [1.807, 2.05) is 13.8 Å². The van der Waals surface area contributed by atoms with Crippen molar-refractivity contribution in [2.45, 2.75) is 26.9 Å². The molecule has 1 N–H and O–H groups in total. The molecular formula is C14H19F2NO3. The van der Waals surface area contributed by atoms with Crippen molar-refractivity contribution >= 4 is 5.91 Å². The van der Waals surface area contributed by atoms with E-state index >= 15 is 0 Å². The van der Waals surface area contributed by atoms with Crippen LogP contribution < -0.4 is 14.8 Å². The van der Waals surface area contributed by atoms with Gasteiger partial charge in [0.2, 0.25) is 0 Å². The summed E-state index contributed by atoms with van der Waals surface area (Å²) in [5.41, 5.74) is 0.0356. The monoisotopic (exact) mass is 287 g/mol. The number of ether oxygens (including phenoxy) is 2. The number of benzene rings is 1. The minimum Gasteiger partial charge on any atom is -0.493 e. The van der Waals surface area contributed by atoms with E-state index in [4.69, 9.17) is 4.74 Å². The van der Waals surface area contributed by atoms with E-state index in [0.717, 1.165) is 6.42 Å². The van der Waals surface area contributed by atoms with Crippen LogP contribution in [0.3, 0.4) is 0 Å². The first kappa shape index (κ1) is 16.2. The summed E-state index contributed by atoms with van der Waals surface area (Å²) in [5, 5.41) is 2.68. The lowest BCUT2D eigenvalue weighted by Gasteiger charge is -2.14. The molecule has 6 heteroatoms. The van der Waals surface area contributed by atoms with Crippen LogP contribution in [0.5, 0.6) is 11.5 Å². The number of carbonyl (C=O) groups is 1. The van der Waals surface area contributed by atoms with Gasteiger partial charge in [0.1, 0.15) is 0 Å². The molecule has 0 saturated carbocycles. The van der Waals surface area contributed by atoms with Gasteiger partial charge in [-0.3, -0.25) is 4.79 Å². The second-order valence-electron chi connectivity index (χ2n) is 4.65. The number of methoxy groups -OCH3 is 1. The van der Waals surface area contributed by atoms with Gasteiger partial charge in [0.15, 0.2) is 11.5 Å². The molecule has 1 rings (SSSR count). The number of para-hydroxylation sites is 1. The molecule has 0 aromatic heterocycles. The summed E-state index contributed by atoms with van der Waals surface area (Å²) in [6, 6.07) is 4.43. The standard InChI is InChI=1S/C14H19F2NO3/c1-9(2)7-8-17-13(18)10-5-4-6-11(19-3)12(10)20-14(15)16/h4-6,9,14H,7-8H2,1-3H3,(H,17,18). The van der Waals surface area contributed by atoms with Crippen LogP contribution in [0.4, 0.5) is 8.78 Å². The van der Waals surface area contributed by atoms with E-state index in [1.54, 1.807) is 6.07 Å². The lowest BCUT2D eigenvalue weighted by molar-refractivity contribution is -0.0515. The quantitative estimate of drug-likeness (QED) is 0.838. The van der Waals surface area contributed by atoms with Crippen molar-refractivity contribution in [2.24, 2.45) is 5.92 Å². The van der Waals surface area contributed by atoms with Crippen LogP contribution >= 0.6 is 0 Å². The fraction of sp³-hybridized carbons (Fsp3) is 0.500. The summed E-state index contributed by atoms with van der Waals surface area (Å²) in [7, 11) is 1.33. The molecule has 0 atom stereocenters. The highest BCUT2D eigenvalue weighted by molar-refractivity contribution is 5.97. The number of rotatable bonds is 7. The molecule has 0 aliphatic heterocycles. The molecule has 20 heavy (non-hydrogen) atoms. The Balaban J connectivity index is 2.89. The molecule has 0 spiro atoms. The highest BCUT2D eigenvalue weighted by Crippen LogP contribution is 2.32. The molecule has 1 aromatic carbocycles. The van der Waals surface area contributed by atoms with Crippen LogP contribution in [0, 0.1) is 5.92 Å². The van der Waals surface area contributed by atoms with Gasteiger partial charge in [0, 0.05) is 6.54 Å². The Bertz CT molecular complexity index is 450. The van der Waals surface area contributed by atoms with Gasteiger partial charge in [-0.1, -0.05) is 19.9 Å². The van der Waals surface area contributed by atoms with E-state index in [9.17, 15) is 13.6 Å². The third kappa shape index (κ3) is 4.68. The van der Waals surface area contributed by atoms with Crippen molar-refractivity contribution in [3.05, 3.63) is 23.8 Å². The van der Waals surface area contributed by atoms with Gasteiger partial charge in [-0.15, -0.1) is 0 Å². The maximum atomic E-state index is 12.4. The number of nitrogens with one attached hydrogen (secondary N) is 1. The number of alkyl halides is 2. The fourth-order valence-corrected chi connectivity index (χ4v) is 1.64. The fourth-order valence-electron chi connectivity index (χ4n) is 1.64. The molecule has 1 amide bonds. The zero-order valence-corrected chi connectivity index (χ0v) is 11.8. The van der Waals surface area contributed by atoms with Gasteiger partial charge in [-0.25, -0.2) is 0 Å². The summed E-state index contributed by atoms with van der Waals surface area (Å²) in [4.78, 5) is 12.0. The van der Waals surface area contributed by atoms with E-state index in [1.165, 1.54) is 19.2 Å². The molecule has 1 aromatic rings. The molecule has 0 aliphatic rings. The van der Waals surface area contributed by atoms with Crippen LogP contribution in [-0.4, -0.2) is 26.2 Å². The molecule has 0 heterocycles. The SMILES string of the molecule is COc1cccc(C(=O)NCCC(C)C)c1OC(F)F. The van der Waals surface area contributed by atoms with E-state index < -0.39 is 12.5 Å². The molecule has 0 radical (unpaired) electrons. The predicted molar refractivity (Wildman–Crippen MR) is 71.4 cm³/mol. The molecular weight excluding hydrogens is 268 g/mol. The number of hydrogen-bond donors (Lipinski definition) is 1. The summed E-state index contributed by atoms with van der Waals surface area (Å²) < 4.78 is 34.2. The number of hydrogen-bond acceptors (Lipinski definition) is 3. The highest BCUT2D eigenvalue weighted by Gasteiger charge is 2.19. The first-order valence-electron chi connectivity index (χ1n) is 6.35. The highest BCUT2D eigenvalue weighted by atomic mass is 19.3. The van der Waals surface area contributed by atoms with Crippen molar-refractivity contribution in [3.8, 4) is 11.5 Å². The summed E-state index contributed by atoms with van der Waals surface area (Å²) in [6.45, 7) is 1.52. The first-order chi connectivity index (χ1) is 9.45. The van der Waals surface area contributed by atoms with Gasteiger partial charge in [0.25, 0.3) is 5.91 Å². The summed E-state index contributed by atoms with van der Waals surface area (Å²) in [6.07, 6.45) is 0.806. The van der Waals surface area contributed by atoms with E-state index in [0.29, 0.717) is 12.5 Å². The average Bonchev–Trinajstić information content (AvgIpc) is 2.37. The maximum Gasteiger partial charge on any atom is 0.387 e. The first-order valence-corrected chi connectivity index (χ1v) is 6.35. The second kappa shape index (κ2) is 7.67. The number of carbonyl (C=O) groups excluding carboxylic acids is 1. The van der Waals surface area contributed by atoms with Crippen LogP contribution in [0.25, 0.3) is 0 Å². The smallest absolute Gasteiger partial charge is 0.387 e. The summed E-state index contributed by atoms with van der Waals surface area (Å²) >= 11 is 0. The predicted octanol–water partition coefficient (Wildman–Crippen LogP) is 3.07. The van der Waals surface area contributed by atoms with Gasteiger partial charge in [-0.2, -0.15) is 8.78 Å². The Labute approximate surface area is 117 Å². The lowest BCUT2D eigenvalue weighted by atomic mass is 10.1. The summed E-state index contributed by atoms with van der Waals surface area (Å²) in [5.74, 6) is -0.161. The Morgan fingerprint density at radius 3 is 2.60 bits per heavy atom. The molecule has 0 fully saturated rings. The molecule has 112 valence electrons. The minimum atomic E-state index is -3.02. The third-order valence-electron chi connectivity index (χ3n) is 2.66. The van der Waals surface area contributed by atoms with Gasteiger partial charge < -0.3 is 14.8 Å². The lowest BCUT2D eigenvalue weighted by Crippen LogP contribution is -2.26. The Kier molecular flexibility index (Phi) is 6.21. The Hall–Kier alpha value is -1.85. The van der Waals surface area contributed by atoms with Gasteiger partial charge in [-0.05, 0) is 24.5 Å². The van der Waals surface area contributed by atoms with Gasteiger partial charge in [0.05, 0.1) is 12.7 Å². The minimum absolute atomic E-state index is 0.0356. The van der Waals surface area contributed by atoms with E-state index in [-0.39, 0.29) is 17.1 Å². The molecule has 0 aliphatic carbocycles.